The smallest absolute Gasteiger partial charge is 0.218 e. The van der Waals surface area contributed by atoms with Gasteiger partial charge in [0.2, 0.25) is 10.0 Å². The monoisotopic (exact) mass is 310 g/mol. The van der Waals surface area contributed by atoms with Gasteiger partial charge in [0.05, 0.1) is 5.75 Å². The summed E-state index contributed by atoms with van der Waals surface area (Å²) >= 11 is 0. The maximum atomic E-state index is 12.7. The van der Waals surface area contributed by atoms with Crippen LogP contribution in [0.15, 0.2) is 30.3 Å². The summed E-state index contributed by atoms with van der Waals surface area (Å²) in [5, 5.41) is 0. The van der Waals surface area contributed by atoms with Crippen LogP contribution in [0.2, 0.25) is 0 Å². The van der Waals surface area contributed by atoms with Crippen LogP contribution in [0.25, 0.3) is 0 Å². The van der Waals surface area contributed by atoms with Crippen molar-refractivity contribution in [1.29, 1.82) is 0 Å². The Hall–Kier alpha value is -0.910. The molecule has 0 bridgehead atoms. The molecule has 1 saturated carbocycles. The number of sulfonamides is 1. The Labute approximate surface area is 128 Å². The van der Waals surface area contributed by atoms with Crippen LogP contribution >= 0.6 is 0 Å². The highest BCUT2D eigenvalue weighted by Gasteiger charge is 2.39. The molecule has 5 heteroatoms. The maximum absolute atomic E-state index is 12.7. The van der Waals surface area contributed by atoms with Gasteiger partial charge in [0.15, 0.2) is 0 Å². The van der Waals surface area contributed by atoms with Crippen molar-refractivity contribution in [3.8, 4) is 0 Å². The first kappa shape index (κ1) is 16.5. The first-order chi connectivity index (χ1) is 10.0. The molecular formula is C16H26N2O2S. The number of benzene rings is 1. The second-order valence-corrected chi connectivity index (χ2v) is 8.05. The molecule has 0 radical (unpaired) electrons. The molecule has 1 aliphatic carbocycles. The van der Waals surface area contributed by atoms with E-state index in [-0.39, 0.29) is 5.75 Å². The van der Waals surface area contributed by atoms with E-state index >= 15 is 0 Å². The van der Waals surface area contributed by atoms with Crippen LogP contribution < -0.4 is 5.73 Å². The third kappa shape index (κ3) is 3.84. The molecule has 1 aliphatic rings. The lowest BCUT2D eigenvalue weighted by Crippen LogP contribution is -2.54. The molecular weight excluding hydrogens is 284 g/mol. The molecule has 2 rings (SSSR count). The maximum Gasteiger partial charge on any atom is 0.218 e. The largest absolute Gasteiger partial charge is 0.329 e. The van der Waals surface area contributed by atoms with E-state index in [0.717, 1.165) is 31.2 Å². The van der Waals surface area contributed by atoms with Gasteiger partial charge in [-0.2, -0.15) is 4.31 Å². The van der Waals surface area contributed by atoms with Crippen LogP contribution in [0.5, 0.6) is 0 Å². The molecule has 1 aromatic carbocycles. The Bertz CT molecular complexity index is 535. The van der Waals surface area contributed by atoms with Gasteiger partial charge >= 0.3 is 0 Å². The van der Waals surface area contributed by atoms with Crippen LogP contribution in [0, 0.1) is 0 Å². The first-order valence-corrected chi connectivity index (χ1v) is 9.32. The van der Waals surface area contributed by atoms with Gasteiger partial charge in [-0.3, -0.25) is 0 Å². The van der Waals surface area contributed by atoms with Gasteiger partial charge in [-0.15, -0.1) is 0 Å². The summed E-state index contributed by atoms with van der Waals surface area (Å²) < 4.78 is 27.1. The number of nitrogens with zero attached hydrogens (tertiary/aromatic N) is 1. The zero-order valence-electron chi connectivity index (χ0n) is 12.8. The SMILES string of the molecule is CN(C1(CN)CCCCCC1)S(=O)(=O)Cc1ccccc1. The van der Waals surface area contributed by atoms with E-state index in [1.165, 1.54) is 12.8 Å². The van der Waals surface area contributed by atoms with Crippen molar-refractivity contribution < 1.29 is 8.42 Å². The summed E-state index contributed by atoms with van der Waals surface area (Å²) in [6.07, 6.45) is 6.20. The van der Waals surface area contributed by atoms with Crippen molar-refractivity contribution in [2.24, 2.45) is 5.73 Å². The lowest BCUT2D eigenvalue weighted by molar-refractivity contribution is 0.195. The Morgan fingerprint density at radius 3 is 2.19 bits per heavy atom. The molecule has 4 nitrogen and oxygen atoms in total. The average molecular weight is 310 g/mol. The third-order valence-corrected chi connectivity index (χ3v) is 6.61. The summed E-state index contributed by atoms with van der Waals surface area (Å²) in [6.45, 7) is 0.400. The zero-order chi connectivity index (χ0) is 15.3. The van der Waals surface area contributed by atoms with E-state index in [2.05, 4.69) is 0 Å². The lowest BCUT2D eigenvalue weighted by Gasteiger charge is -2.39. The first-order valence-electron chi connectivity index (χ1n) is 7.71. The molecule has 0 amide bonds. The Kier molecular flexibility index (Phi) is 5.41. The molecule has 1 aromatic rings. The van der Waals surface area contributed by atoms with Crippen LogP contribution in [-0.2, 0) is 15.8 Å². The van der Waals surface area contributed by atoms with Gasteiger partial charge in [0.1, 0.15) is 0 Å². The number of hydrogen-bond acceptors (Lipinski definition) is 3. The summed E-state index contributed by atoms with van der Waals surface area (Å²) in [6, 6.07) is 9.35. The summed E-state index contributed by atoms with van der Waals surface area (Å²) in [5.41, 5.74) is 6.42. The third-order valence-electron chi connectivity index (χ3n) is 4.69. The minimum Gasteiger partial charge on any atom is -0.329 e. The van der Waals surface area contributed by atoms with Crippen molar-refractivity contribution in [3.05, 3.63) is 35.9 Å². The molecule has 2 N–H and O–H groups in total. The average Bonchev–Trinajstić information content (AvgIpc) is 2.73. The van der Waals surface area contributed by atoms with E-state index < -0.39 is 15.6 Å². The summed E-state index contributed by atoms with van der Waals surface area (Å²) in [5.74, 6) is 0.0477. The fourth-order valence-electron chi connectivity index (χ4n) is 3.21. The van der Waals surface area contributed by atoms with E-state index in [1.54, 1.807) is 11.4 Å². The number of nitrogens with two attached hydrogens (primary N) is 1. The topological polar surface area (TPSA) is 63.4 Å². The van der Waals surface area contributed by atoms with Crippen molar-refractivity contribution in [1.82, 2.24) is 4.31 Å². The Balaban J connectivity index is 2.21. The second-order valence-electron chi connectivity index (χ2n) is 6.05. The number of hydrogen-bond donors (Lipinski definition) is 1. The van der Waals surface area contributed by atoms with E-state index in [0.29, 0.717) is 6.54 Å². The van der Waals surface area contributed by atoms with Gasteiger partial charge in [-0.1, -0.05) is 56.0 Å². The highest BCUT2D eigenvalue weighted by Crippen LogP contribution is 2.33. The van der Waals surface area contributed by atoms with E-state index in [4.69, 9.17) is 5.73 Å². The van der Waals surface area contributed by atoms with Crippen molar-refractivity contribution in [2.75, 3.05) is 13.6 Å². The molecule has 0 spiro atoms. The molecule has 1 fully saturated rings. The minimum absolute atomic E-state index is 0.0477. The summed E-state index contributed by atoms with van der Waals surface area (Å²) in [4.78, 5) is 0. The molecule has 118 valence electrons. The molecule has 21 heavy (non-hydrogen) atoms. The summed E-state index contributed by atoms with van der Waals surface area (Å²) in [7, 11) is -1.64. The van der Waals surface area contributed by atoms with E-state index in [9.17, 15) is 8.42 Å². The normalized spacial score (nSPS) is 19.4. The fraction of sp³-hybridized carbons (Fsp3) is 0.625. The van der Waals surface area contributed by atoms with Gasteiger partial charge in [0.25, 0.3) is 0 Å². The Morgan fingerprint density at radius 1 is 1.10 bits per heavy atom. The molecule has 0 aromatic heterocycles. The predicted octanol–water partition coefficient (Wildman–Crippen LogP) is 2.50. The highest BCUT2D eigenvalue weighted by atomic mass is 32.2. The molecule has 0 saturated heterocycles. The van der Waals surface area contributed by atoms with Gasteiger partial charge in [0, 0.05) is 19.1 Å². The van der Waals surface area contributed by atoms with Gasteiger partial charge in [-0.05, 0) is 18.4 Å². The Morgan fingerprint density at radius 2 is 1.67 bits per heavy atom. The lowest BCUT2D eigenvalue weighted by atomic mass is 9.90. The molecule has 0 atom stereocenters. The molecule has 0 heterocycles. The molecule has 0 unspecified atom stereocenters. The van der Waals surface area contributed by atoms with Crippen molar-refractivity contribution >= 4 is 10.0 Å². The van der Waals surface area contributed by atoms with Crippen LogP contribution in [0.3, 0.4) is 0 Å². The van der Waals surface area contributed by atoms with Crippen molar-refractivity contribution in [3.63, 3.8) is 0 Å². The van der Waals surface area contributed by atoms with Gasteiger partial charge in [-0.25, -0.2) is 8.42 Å². The minimum atomic E-state index is -3.35. The fourth-order valence-corrected chi connectivity index (χ4v) is 4.87. The quantitative estimate of drug-likeness (QED) is 0.850. The second kappa shape index (κ2) is 6.90. The van der Waals surface area contributed by atoms with Gasteiger partial charge < -0.3 is 5.73 Å². The zero-order valence-corrected chi connectivity index (χ0v) is 13.6. The standard InChI is InChI=1S/C16H26N2O2S/c1-18(16(14-17)11-7-2-3-8-12-16)21(19,20)13-15-9-5-4-6-10-15/h4-6,9-10H,2-3,7-8,11-14,17H2,1H3. The predicted molar refractivity (Wildman–Crippen MR) is 86.3 cm³/mol. The number of likely N-dealkylation sites (N-methyl/N-ethyl adjacent to an activating group) is 1. The highest BCUT2D eigenvalue weighted by molar-refractivity contribution is 7.88. The van der Waals surface area contributed by atoms with Crippen LogP contribution in [-0.4, -0.2) is 31.9 Å². The molecule has 0 aliphatic heterocycles. The van der Waals surface area contributed by atoms with Crippen LogP contribution in [0.4, 0.5) is 0 Å². The van der Waals surface area contributed by atoms with Crippen LogP contribution in [0.1, 0.15) is 44.1 Å². The number of rotatable bonds is 5. The van der Waals surface area contributed by atoms with E-state index in [1.807, 2.05) is 30.3 Å². The van der Waals surface area contributed by atoms with Crippen molar-refractivity contribution in [2.45, 2.75) is 49.8 Å².